The summed E-state index contributed by atoms with van der Waals surface area (Å²) in [5.41, 5.74) is 5.50. The van der Waals surface area contributed by atoms with E-state index in [1.165, 1.54) is 17.7 Å². The largest absolute Gasteiger partial charge is 0.481 e. The summed E-state index contributed by atoms with van der Waals surface area (Å²) >= 11 is 1.42. The summed E-state index contributed by atoms with van der Waals surface area (Å²) in [4.78, 5) is 8.02. The fourth-order valence-electron chi connectivity index (χ4n) is 1.37. The maximum atomic E-state index is 5.50. The number of hydrogen-bond donors (Lipinski definition) is 2. The Balaban J connectivity index is 1.74. The number of ether oxygens (including phenoxy) is 1. The van der Waals surface area contributed by atoms with Gasteiger partial charge in [-0.2, -0.15) is 0 Å². The first kappa shape index (κ1) is 12.5. The summed E-state index contributed by atoms with van der Waals surface area (Å²) in [6.07, 6.45) is 3.25. The lowest BCUT2D eigenvalue weighted by Crippen LogP contribution is -2.05. The minimum Gasteiger partial charge on any atom is -0.481 e. The number of methoxy groups -OCH3 is 1. The molecule has 8 heteroatoms. The van der Waals surface area contributed by atoms with Gasteiger partial charge in [-0.25, -0.2) is 9.97 Å². The van der Waals surface area contributed by atoms with Gasteiger partial charge in [0.25, 0.3) is 0 Å². The number of nitrogen functional groups attached to an aromatic ring is 1. The molecule has 2 aromatic heterocycles. The monoisotopic (exact) mass is 266 g/mol. The zero-order valence-corrected chi connectivity index (χ0v) is 10.8. The maximum Gasteiger partial charge on any atom is 0.218 e. The average molecular weight is 266 g/mol. The smallest absolute Gasteiger partial charge is 0.218 e. The molecule has 0 saturated heterocycles. The standard InChI is InChI=1S/C10H14N6OS/c1-17-8-5-7(13-6-14-8)12-4-2-3-9-15-16-10(11)18-9/h5-6H,2-4H2,1H3,(H2,11,16)(H,12,13,14). The molecule has 0 radical (unpaired) electrons. The highest BCUT2D eigenvalue weighted by Gasteiger charge is 2.01. The normalized spacial score (nSPS) is 10.3. The van der Waals surface area contributed by atoms with E-state index >= 15 is 0 Å². The molecule has 7 nitrogen and oxygen atoms in total. The van der Waals surface area contributed by atoms with E-state index in [1.54, 1.807) is 13.2 Å². The number of nitrogens with one attached hydrogen (secondary N) is 1. The average Bonchev–Trinajstić information content (AvgIpc) is 2.81. The van der Waals surface area contributed by atoms with Crippen LogP contribution in [0.1, 0.15) is 11.4 Å². The molecule has 0 aliphatic carbocycles. The van der Waals surface area contributed by atoms with Crippen molar-refractivity contribution < 1.29 is 4.74 Å². The molecule has 2 heterocycles. The van der Waals surface area contributed by atoms with Crippen molar-refractivity contribution in [2.75, 3.05) is 24.7 Å². The minimum atomic E-state index is 0.512. The van der Waals surface area contributed by atoms with Gasteiger partial charge >= 0.3 is 0 Å². The van der Waals surface area contributed by atoms with Crippen molar-refractivity contribution in [1.29, 1.82) is 0 Å². The van der Waals surface area contributed by atoms with Crippen LogP contribution >= 0.6 is 11.3 Å². The number of rotatable bonds is 6. The minimum absolute atomic E-state index is 0.512. The van der Waals surface area contributed by atoms with Gasteiger partial charge in [-0.1, -0.05) is 11.3 Å². The van der Waals surface area contributed by atoms with Crippen LogP contribution in [-0.4, -0.2) is 33.8 Å². The van der Waals surface area contributed by atoms with Crippen LogP contribution < -0.4 is 15.8 Å². The van der Waals surface area contributed by atoms with Gasteiger partial charge in [0, 0.05) is 19.0 Å². The molecule has 2 rings (SSSR count). The van der Waals surface area contributed by atoms with E-state index in [0.717, 1.165) is 30.2 Å². The van der Waals surface area contributed by atoms with Gasteiger partial charge in [-0.05, 0) is 6.42 Å². The first-order valence-corrected chi connectivity index (χ1v) is 6.27. The number of hydrogen-bond acceptors (Lipinski definition) is 8. The van der Waals surface area contributed by atoms with Gasteiger partial charge in [-0.15, -0.1) is 10.2 Å². The number of aryl methyl sites for hydroxylation is 1. The number of anilines is 2. The summed E-state index contributed by atoms with van der Waals surface area (Å²) < 4.78 is 5.01. The van der Waals surface area contributed by atoms with Crippen LogP contribution in [0.15, 0.2) is 12.4 Å². The lowest BCUT2D eigenvalue weighted by Gasteiger charge is -2.05. The van der Waals surface area contributed by atoms with Gasteiger partial charge in [0.15, 0.2) is 0 Å². The van der Waals surface area contributed by atoms with E-state index in [9.17, 15) is 0 Å². The fraction of sp³-hybridized carbons (Fsp3) is 0.400. The number of aromatic nitrogens is 4. The third-order valence-corrected chi connectivity index (χ3v) is 3.02. The SMILES string of the molecule is COc1cc(NCCCc2nnc(N)s2)ncn1. The van der Waals surface area contributed by atoms with Crippen LogP contribution in [0.3, 0.4) is 0 Å². The molecular formula is C10H14N6OS. The second-order valence-corrected chi connectivity index (χ2v) is 4.60. The van der Waals surface area contributed by atoms with Gasteiger partial charge in [0.2, 0.25) is 11.0 Å². The molecule has 2 aromatic rings. The van der Waals surface area contributed by atoms with Crippen LogP contribution in [0.2, 0.25) is 0 Å². The van der Waals surface area contributed by atoms with Gasteiger partial charge in [-0.3, -0.25) is 0 Å². The van der Waals surface area contributed by atoms with Crippen LogP contribution in [-0.2, 0) is 6.42 Å². The third kappa shape index (κ3) is 3.52. The van der Waals surface area contributed by atoms with Crippen molar-refractivity contribution in [1.82, 2.24) is 20.2 Å². The quantitative estimate of drug-likeness (QED) is 0.751. The number of nitrogens with zero attached hydrogens (tertiary/aromatic N) is 4. The van der Waals surface area contributed by atoms with Crippen molar-refractivity contribution in [3.8, 4) is 5.88 Å². The second-order valence-electron chi connectivity index (χ2n) is 3.51. The lowest BCUT2D eigenvalue weighted by atomic mass is 10.3. The summed E-state index contributed by atoms with van der Waals surface area (Å²) in [7, 11) is 1.58. The number of nitrogens with two attached hydrogens (primary N) is 1. The van der Waals surface area contributed by atoms with E-state index in [2.05, 4.69) is 25.5 Å². The molecule has 0 bridgehead atoms. The summed E-state index contributed by atoms with van der Waals surface area (Å²) in [6.45, 7) is 0.791. The molecule has 0 aliphatic rings. The lowest BCUT2D eigenvalue weighted by molar-refractivity contribution is 0.397. The van der Waals surface area contributed by atoms with Crippen LogP contribution in [0, 0.1) is 0 Å². The van der Waals surface area contributed by atoms with Crippen molar-refractivity contribution in [2.45, 2.75) is 12.8 Å². The molecule has 0 aliphatic heterocycles. The molecule has 0 aromatic carbocycles. The van der Waals surface area contributed by atoms with E-state index in [0.29, 0.717) is 11.0 Å². The first-order chi connectivity index (χ1) is 8.78. The van der Waals surface area contributed by atoms with Crippen molar-refractivity contribution in [2.24, 2.45) is 0 Å². The van der Waals surface area contributed by atoms with Gasteiger partial charge < -0.3 is 15.8 Å². The van der Waals surface area contributed by atoms with Crippen molar-refractivity contribution >= 4 is 22.3 Å². The zero-order valence-electron chi connectivity index (χ0n) is 9.96. The highest BCUT2D eigenvalue weighted by atomic mass is 32.1. The van der Waals surface area contributed by atoms with Crippen molar-refractivity contribution in [3.05, 3.63) is 17.4 Å². The molecule has 0 unspecified atom stereocenters. The van der Waals surface area contributed by atoms with E-state index in [1.807, 2.05) is 0 Å². The highest BCUT2D eigenvalue weighted by molar-refractivity contribution is 7.15. The molecule has 0 atom stereocenters. The predicted octanol–water partition coefficient (Wildman–Crippen LogP) is 0.964. The second kappa shape index (κ2) is 6.10. The molecular weight excluding hydrogens is 252 g/mol. The molecule has 96 valence electrons. The molecule has 0 fully saturated rings. The summed E-state index contributed by atoms with van der Waals surface area (Å²) in [5, 5.41) is 12.4. The molecule has 0 saturated carbocycles. The van der Waals surface area contributed by atoms with Crippen LogP contribution in [0.4, 0.5) is 10.9 Å². The Morgan fingerprint density at radius 2 is 2.28 bits per heavy atom. The topological polar surface area (TPSA) is 98.8 Å². The molecule has 0 spiro atoms. The van der Waals surface area contributed by atoms with Crippen LogP contribution in [0.5, 0.6) is 5.88 Å². The highest BCUT2D eigenvalue weighted by Crippen LogP contribution is 2.13. The fourth-order valence-corrected chi connectivity index (χ4v) is 2.02. The van der Waals surface area contributed by atoms with E-state index < -0.39 is 0 Å². The predicted molar refractivity (Wildman–Crippen MR) is 69.7 cm³/mol. The Kier molecular flexibility index (Phi) is 4.24. The summed E-state index contributed by atoms with van der Waals surface area (Å²) in [5.74, 6) is 1.29. The maximum absolute atomic E-state index is 5.50. The molecule has 0 amide bonds. The van der Waals surface area contributed by atoms with Crippen molar-refractivity contribution in [3.63, 3.8) is 0 Å². The zero-order chi connectivity index (χ0) is 12.8. The summed E-state index contributed by atoms with van der Waals surface area (Å²) in [6, 6.07) is 1.75. The Labute approximate surface area is 108 Å². The Morgan fingerprint density at radius 1 is 1.39 bits per heavy atom. The Morgan fingerprint density at radius 3 is 3.00 bits per heavy atom. The third-order valence-electron chi connectivity index (χ3n) is 2.21. The Hall–Kier alpha value is -1.96. The van der Waals surface area contributed by atoms with Crippen LogP contribution in [0.25, 0.3) is 0 Å². The van der Waals surface area contributed by atoms with Gasteiger partial charge in [0.05, 0.1) is 7.11 Å². The molecule has 18 heavy (non-hydrogen) atoms. The Bertz CT molecular complexity index is 503. The van der Waals surface area contributed by atoms with Gasteiger partial charge in [0.1, 0.15) is 17.2 Å². The van der Waals surface area contributed by atoms with E-state index in [4.69, 9.17) is 10.5 Å². The first-order valence-electron chi connectivity index (χ1n) is 5.45. The van der Waals surface area contributed by atoms with E-state index in [-0.39, 0.29) is 0 Å². The molecule has 3 N–H and O–H groups in total.